The lowest BCUT2D eigenvalue weighted by Crippen LogP contribution is -2.41. The molecule has 0 atom stereocenters. The maximum absolute atomic E-state index is 9.67. The second-order valence-corrected chi connectivity index (χ2v) is 3.96. The maximum atomic E-state index is 9.67. The molecule has 0 fully saturated rings. The molecule has 58 valence electrons. The highest BCUT2D eigenvalue weighted by Gasteiger charge is 2.10. The van der Waals surface area contributed by atoms with Gasteiger partial charge in [0, 0.05) is 4.47 Å². The van der Waals surface area contributed by atoms with Gasteiger partial charge in [0.05, 0.1) is 0 Å². The summed E-state index contributed by atoms with van der Waals surface area (Å²) in [5.74, 6) is 0.424. The van der Waals surface area contributed by atoms with E-state index in [1.165, 1.54) is 0 Å². The molecule has 0 bridgehead atoms. The topological polar surface area (TPSA) is 20.2 Å². The minimum absolute atomic E-state index is 0.424. The lowest BCUT2D eigenvalue weighted by atomic mass is 9.70. The van der Waals surface area contributed by atoms with Crippen LogP contribution >= 0.6 is 15.9 Å². The van der Waals surface area contributed by atoms with Crippen molar-refractivity contribution in [2.75, 3.05) is 0 Å². The number of rotatable bonds is 0. The van der Waals surface area contributed by atoms with Crippen molar-refractivity contribution in [1.29, 1.82) is 0 Å². The second kappa shape index (κ2) is 3.25. The van der Waals surface area contributed by atoms with Gasteiger partial charge in [-0.15, -0.1) is 0 Å². The van der Waals surface area contributed by atoms with Crippen molar-refractivity contribution in [1.82, 2.24) is 0 Å². The van der Waals surface area contributed by atoms with Gasteiger partial charge in [0.1, 0.15) is 37.1 Å². The molecule has 1 rings (SSSR count). The Bertz CT molecular complexity index is 234. The first-order chi connectivity index (χ1) is 5.46. The zero-order valence-corrected chi connectivity index (χ0v) is 9.41. The van der Waals surface area contributed by atoms with Crippen molar-refractivity contribution in [2.45, 2.75) is 0 Å². The highest BCUT2D eigenvalue weighted by molar-refractivity contribution is 9.10. The van der Waals surface area contributed by atoms with Gasteiger partial charge in [-0.05, 0) is 0 Å². The predicted molar refractivity (Wildman–Crippen MR) is 68.5 cm³/mol. The van der Waals surface area contributed by atoms with Crippen LogP contribution in [0.3, 0.4) is 0 Å². The first-order valence-electron chi connectivity index (χ1n) is 3.91. The van der Waals surface area contributed by atoms with E-state index in [0.29, 0.717) is 5.75 Å². The van der Waals surface area contributed by atoms with Crippen LogP contribution in [0.1, 0.15) is 0 Å². The Hall–Kier alpha value is -0.240. The third kappa shape index (κ3) is 1.33. The van der Waals surface area contributed by atoms with Crippen LogP contribution in [0, 0.1) is 0 Å². The molecule has 0 unspecified atom stereocenters. The monoisotopic (exact) mass is 220 g/mol. The first-order valence-corrected chi connectivity index (χ1v) is 4.71. The Kier molecular flexibility index (Phi) is 2.67. The number of halogens is 1. The molecule has 0 aliphatic rings. The smallest absolute Gasteiger partial charge is 0.143 e. The van der Waals surface area contributed by atoms with Crippen molar-refractivity contribution >= 4 is 69.2 Å². The van der Waals surface area contributed by atoms with Crippen LogP contribution in [0.5, 0.6) is 5.75 Å². The average molecular weight is 220 g/mol. The Morgan fingerprint density at radius 2 is 1.17 bits per heavy atom. The molecule has 1 aromatic carbocycles. The van der Waals surface area contributed by atoms with Crippen molar-refractivity contribution in [3.05, 3.63) is 4.47 Å². The Balaban J connectivity index is 3.60. The fraction of sp³-hybridized carbons (Fsp3) is 0. The van der Waals surface area contributed by atoms with E-state index in [2.05, 4.69) is 15.9 Å². The van der Waals surface area contributed by atoms with Gasteiger partial charge in [0.25, 0.3) is 0 Å². The fourth-order valence-electron chi connectivity index (χ4n) is 1.25. The van der Waals surface area contributed by atoms with E-state index in [1.807, 2.05) is 31.4 Å². The van der Waals surface area contributed by atoms with E-state index < -0.39 is 0 Å². The van der Waals surface area contributed by atoms with Gasteiger partial charge in [-0.1, -0.05) is 37.8 Å². The van der Waals surface area contributed by atoms with Crippen LogP contribution in [0.4, 0.5) is 0 Å². The van der Waals surface area contributed by atoms with Crippen molar-refractivity contribution in [3.8, 4) is 5.75 Å². The lowest BCUT2D eigenvalue weighted by molar-refractivity contribution is 0.484. The molecule has 6 heteroatoms. The number of aromatic hydroxyl groups is 1. The predicted octanol–water partition coefficient (Wildman–Crippen LogP) is -4.81. The Labute approximate surface area is 84.7 Å². The summed E-state index contributed by atoms with van der Waals surface area (Å²) in [4.78, 5) is 0. The van der Waals surface area contributed by atoms with Gasteiger partial charge >= 0.3 is 0 Å². The van der Waals surface area contributed by atoms with Crippen molar-refractivity contribution in [2.24, 2.45) is 0 Å². The van der Waals surface area contributed by atoms with E-state index in [9.17, 15) is 5.11 Å². The summed E-state index contributed by atoms with van der Waals surface area (Å²) in [6.45, 7) is 0. The lowest BCUT2D eigenvalue weighted by Gasteiger charge is -2.13. The van der Waals surface area contributed by atoms with Crippen molar-refractivity contribution < 1.29 is 5.11 Å². The molecule has 0 spiro atoms. The fourth-order valence-corrected chi connectivity index (χ4v) is 1.84. The minimum atomic E-state index is 0.424. The van der Waals surface area contributed by atoms with Crippen LogP contribution in [0.25, 0.3) is 0 Å². The van der Waals surface area contributed by atoms with Crippen LogP contribution in [-0.4, -0.2) is 36.5 Å². The molecule has 0 saturated carbocycles. The van der Waals surface area contributed by atoms with Gasteiger partial charge in [-0.2, -0.15) is 0 Å². The number of hydrogen-bond acceptors (Lipinski definition) is 1. The van der Waals surface area contributed by atoms with E-state index in [4.69, 9.17) is 0 Å². The van der Waals surface area contributed by atoms with Gasteiger partial charge in [0.15, 0.2) is 0 Å². The molecule has 12 heavy (non-hydrogen) atoms. The van der Waals surface area contributed by atoms with Crippen LogP contribution in [0.2, 0.25) is 0 Å². The quantitative estimate of drug-likeness (QED) is 0.435. The Morgan fingerprint density at radius 3 is 1.50 bits per heavy atom. The SMILES string of the molecule is Bc1c(B)c(Br)c(B)c(B)c1O. The average Bonchev–Trinajstić information content (AvgIpc) is 2.08. The Morgan fingerprint density at radius 1 is 0.833 bits per heavy atom. The zero-order valence-electron chi connectivity index (χ0n) is 7.83. The molecule has 0 aliphatic heterocycles. The highest BCUT2D eigenvalue weighted by atomic mass is 79.9. The van der Waals surface area contributed by atoms with Gasteiger partial charge in [0.2, 0.25) is 0 Å². The first kappa shape index (κ1) is 9.84. The van der Waals surface area contributed by atoms with E-state index in [-0.39, 0.29) is 0 Å². The summed E-state index contributed by atoms with van der Waals surface area (Å²) in [7, 11) is 7.88. The number of hydrogen-bond donors (Lipinski definition) is 1. The number of phenols is 1. The van der Waals surface area contributed by atoms with E-state index in [0.717, 1.165) is 26.3 Å². The summed E-state index contributed by atoms with van der Waals surface area (Å²) < 4.78 is 1.11. The molecule has 0 aliphatic carbocycles. The summed E-state index contributed by atoms with van der Waals surface area (Å²) in [5.41, 5.74) is 4.17. The normalized spacial score (nSPS) is 10.1. The molecule has 0 amide bonds. The zero-order chi connectivity index (χ0) is 9.46. The number of benzene rings is 1. The standard InChI is InChI=1S/C6H9B4BrO/c7-1-3(9)6(12)4(10)2(8)5(1)11/h12H,7-10H2. The molecule has 1 nitrogen and oxygen atoms in total. The number of phenolic OH excluding ortho intramolecular Hbond substituents is 1. The third-order valence-corrected chi connectivity index (χ3v) is 3.68. The van der Waals surface area contributed by atoms with Crippen molar-refractivity contribution in [3.63, 3.8) is 0 Å². The van der Waals surface area contributed by atoms with Gasteiger partial charge in [-0.3, -0.25) is 0 Å². The molecule has 1 N–H and O–H groups in total. The summed E-state index contributed by atoms with van der Waals surface area (Å²) in [5, 5.41) is 9.67. The summed E-state index contributed by atoms with van der Waals surface area (Å²) >= 11 is 3.50. The molecule has 0 heterocycles. The third-order valence-electron chi connectivity index (χ3n) is 2.49. The van der Waals surface area contributed by atoms with Gasteiger partial charge in [-0.25, -0.2) is 0 Å². The van der Waals surface area contributed by atoms with Crippen LogP contribution in [0.15, 0.2) is 4.47 Å². The van der Waals surface area contributed by atoms with E-state index >= 15 is 0 Å². The second-order valence-electron chi connectivity index (χ2n) is 3.16. The molecular weight excluding hydrogens is 211 g/mol. The van der Waals surface area contributed by atoms with Crippen LogP contribution < -0.4 is 21.9 Å². The summed E-state index contributed by atoms with van der Waals surface area (Å²) in [6.07, 6.45) is 0. The minimum Gasteiger partial charge on any atom is -0.509 e. The molecule has 0 radical (unpaired) electrons. The molecule has 0 saturated heterocycles. The molecule has 1 aromatic rings. The molecule has 0 aromatic heterocycles. The molecular formula is C6H9B4BrO. The summed E-state index contributed by atoms with van der Waals surface area (Å²) in [6, 6.07) is 0. The maximum Gasteiger partial charge on any atom is 0.143 e. The van der Waals surface area contributed by atoms with Crippen LogP contribution in [-0.2, 0) is 0 Å². The van der Waals surface area contributed by atoms with Gasteiger partial charge < -0.3 is 5.11 Å². The highest BCUT2D eigenvalue weighted by Crippen LogP contribution is 2.03. The largest absolute Gasteiger partial charge is 0.509 e. The van der Waals surface area contributed by atoms with E-state index in [1.54, 1.807) is 0 Å².